The van der Waals surface area contributed by atoms with Gasteiger partial charge in [-0.15, -0.1) is 10.2 Å². The molecule has 4 rings (SSSR count). The molecule has 2 aromatic heterocycles. The predicted octanol–water partition coefficient (Wildman–Crippen LogP) is 3.64. The Hall–Kier alpha value is -2.95. The molecule has 2 aromatic carbocycles. The molecule has 1 N–H and O–H groups in total. The van der Waals surface area contributed by atoms with Crippen LogP contribution in [-0.2, 0) is 14.8 Å². The van der Waals surface area contributed by atoms with Gasteiger partial charge in [0.2, 0.25) is 15.9 Å². The third-order valence-corrected chi connectivity index (χ3v) is 8.06. The van der Waals surface area contributed by atoms with Crippen LogP contribution in [0.25, 0.3) is 16.4 Å². The maximum absolute atomic E-state index is 12.8. The molecular formula is C22H23N5O3S2. The number of aromatic nitrogens is 3. The fourth-order valence-electron chi connectivity index (χ4n) is 3.46. The van der Waals surface area contributed by atoms with Gasteiger partial charge in [-0.2, -0.15) is 4.31 Å². The number of hydrogen-bond donors (Lipinski definition) is 1. The van der Waals surface area contributed by atoms with Gasteiger partial charge in [0, 0.05) is 30.4 Å². The Bertz CT molecular complexity index is 1380. The van der Waals surface area contributed by atoms with Crippen molar-refractivity contribution in [2.75, 3.05) is 24.2 Å². The average Bonchev–Trinajstić information content (AvgIpc) is 3.21. The summed E-state index contributed by atoms with van der Waals surface area (Å²) < 4.78 is 28.7. The van der Waals surface area contributed by atoms with Crippen molar-refractivity contribution in [2.24, 2.45) is 0 Å². The molecule has 10 heteroatoms. The minimum absolute atomic E-state index is 0.108. The lowest BCUT2D eigenvalue weighted by Gasteiger charge is -2.18. The Kier molecular flexibility index (Phi) is 6.45. The first kappa shape index (κ1) is 22.3. The first-order valence-electron chi connectivity index (χ1n) is 10.2. The van der Waals surface area contributed by atoms with Crippen molar-refractivity contribution in [2.45, 2.75) is 23.9 Å². The van der Waals surface area contributed by atoms with Gasteiger partial charge in [0.25, 0.3) is 0 Å². The number of nitrogens with one attached hydrogen (secondary N) is 1. The molecule has 0 radical (unpaired) electrons. The Morgan fingerprint density at radius 3 is 2.56 bits per heavy atom. The van der Waals surface area contributed by atoms with Crippen molar-refractivity contribution in [3.05, 3.63) is 60.8 Å². The second-order valence-electron chi connectivity index (χ2n) is 7.03. The molecule has 166 valence electrons. The largest absolute Gasteiger partial charge is 0.325 e. The van der Waals surface area contributed by atoms with Crippen molar-refractivity contribution in [1.29, 1.82) is 0 Å². The van der Waals surface area contributed by atoms with E-state index in [1.165, 1.54) is 28.3 Å². The number of amides is 1. The van der Waals surface area contributed by atoms with E-state index in [0.29, 0.717) is 23.9 Å². The Labute approximate surface area is 190 Å². The smallest absolute Gasteiger partial charge is 0.244 e. The summed E-state index contributed by atoms with van der Waals surface area (Å²) in [7, 11) is -3.61. The SMILES string of the molecule is CCN(CC)S(=O)(=O)c1ccc2nnc(SCC(=O)Nc3cccc4ccccc34)n2c1. The maximum Gasteiger partial charge on any atom is 0.244 e. The van der Waals surface area contributed by atoms with Crippen LogP contribution in [0.4, 0.5) is 5.69 Å². The highest BCUT2D eigenvalue weighted by molar-refractivity contribution is 7.99. The second-order valence-corrected chi connectivity index (χ2v) is 9.91. The highest BCUT2D eigenvalue weighted by atomic mass is 32.2. The molecule has 32 heavy (non-hydrogen) atoms. The van der Waals surface area contributed by atoms with Crippen molar-refractivity contribution in [1.82, 2.24) is 18.9 Å². The number of carbonyl (C=O) groups is 1. The van der Waals surface area contributed by atoms with Crippen molar-refractivity contribution in [3.8, 4) is 0 Å². The maximum atomic E-state index is 12.8. The molecule has 2 heterocycles. The second kappa shape index (κ2) is 9.27. The van der Waals surface area contributed by atoms with E-state index in [-0.39, 0.29) is 16.6 Å². The number of anilines is 1. The quantitative estimate of drug-likeness (QED) is 0.396. The molecule has 0 saturated carbocycles. The lowest BCUT2D eigenvalue weighted by Crippen LogP contribution is -2.30. The Morgan fingerprint density at radius 1 is 1.03 bits per heavy atom. The summed E-state index contributed by atoms with van der Waals surface area (Å²) in [6.45, 7) is 4.37. The molecule has 4 aromatic rings. The van der Waals surface area contributed by atoms with E-state index >= 15 is 0 Å². The van der Waals surface area contributed by atoms with E-state index in [1.54, 1.807) is 24.3 Å². The molecule has 0 atom stereocenters. The predicted molar refractivity (Wildman–Crippen MR) is 126 cm³/mol. The van der Waals surface area contributed by atoms with E-state index in [0.717, 1.165) is 16.5 Å². The van der Waals surface area contributed by atoms with Crippen LogP contribution in [0.3, 0.4) is 0 Å². The molecule has 1 amide bonds. The molecule has 0 saturated heterocycles. The number of fused-ring (bicyclic) bond motifs is 2. The summed E-state index contributed by atoms with van der Waals surface area (Å²) in [6, 6.07) is 16.7. The van der Waals surface area contributed by atoms with Crippen molar-refractivity contribution in [3.63, 3.8) is 0 Å². The van der Waals surface area contributed by atoms with Crippen LogP contribution in [-0.4, -0.2) is 52.1 Å². The Morgan fingerprint density at radius 2 is 1.78 bits per heavy atom. The van der Waals surface area contributed by atoms with Crippen molar-refractivity contribution < 1.29 is 13.2 Å². The highest BCUT2D eigenvalue weighted by Gasteiger charge is 2.23. The third kappa shape index (κ3) is 4.34. The lowest BCUT2D eigenvalue weighted by atomic mass is 10.1. The fourth-order valence-corrected chi connectivity index (χ4v) is 5.64. The number of benzene rings is 2. The molecule has 0 aliphatic heterocycles. The van der Waals surface area contributed by atoms with Gasteiger partial charge in [-0.05, 0) is 23.6 Å². The van der Waals surface area contributed by atoms with Crippen LogP contribution in [0.5, 0.6) is 0 Å². The summed E-state index contributed by atoms with van der Waals surface area (Å²) in [4.78, 5) is 12.8. The molecule has 0 spiro atoms. The van der Waals surface area contributed by atoms with Gasteiger partial charge in [-0.1, -0.05) is 62.0 Å². The van der Waals surface area contributed by atoms with Crippen LogP contribution in [0, 0.1) is 0 Å². The zero-order valence-electron chi connectivity index (χ0n) is 17.7. The summed E-state index contributed by atoms with van der Waals surface area (Å²) in [5.41, 5.74) is 1.26. The highest BCUT2D eigenvalue weighted by Crippen LogP contribution is 2.24. The molecule has 0 unspecified atom stereocenters. The number of thioether (sulfide) groups is 1. The molecule has 0 aliphatic rings. The molecule has 8 nitrogen and oxygen atoms in total. The summed E-state index contributed by atoms with van der Waals surface area (Å²) >= 11 is 1.20. The van der Waals surface area contributed by atoms with Gasteiger partial charge in [0.1, 0.15) is 0 Å². The van der Waals surface area contributed by atoms with Gasteiger partial charge in [0.05, 0.1) is 10.6 Å². The lowest BCUT2D eigenvalue weighted by molar-refractivity contribution is -0.113. The van der Waals surface area contributed by atoms with Crippen LogP contribution >= 0.6 is 11.8 Å². The molecule has 0 bridgehead atoms. The van der Waals surface area contributed by atoms with Gasteiger partial charge < -0.3 is 5.32 Å². The first-order chi connectivity index (χ1) is 15.4. The number of nitrogens with zero attached hydrogens (tertiary/aromatic N) is 4. The van der Waals surface area contributed by atoms with Gasteiger partial charge in [0.15, 0.2) is 10.8 Å². The number of pyridine rings is 1. The van der Waals surface area contributed by atoms with E-state index in [9.17, 15) is 13.2 Å². The number of carbonyl (C=O) groups excluding carboxylic acids is 1. The average molecular weight is 470 g/mol. The zero-order valence-corrected chi connectivity index (χ0v) is 19.4. The number of sulfonamides is 1. The molecular weight excluding hydrogens is 446 g/mol. The third-order valence-electron chi connectivity index (χ3n) is 5.08. The van der Waals surface area contributed by atoms with E-state index in [2.05, 4.69) is 15.5 Å². The minimum Gasteiger partial charge on any atom is -0.325 e. The first-order valence-corrected chi connectivity index (χ1v) is 12.6. The summed E-state index contributed by atoms with van der Waals surface area (Å²) in [5.74, 6) is -0.0770. The number of hydrogen-bond acceptors (Lipinski definition) is 6. The topological polar surface area (TPSA) is 96.7 Å². The standard InChI is InChI=1S/C22H23N5O3S2/c1-3-26(4-2)32(29,30)17-12-13-20-24-25-22(27(20)14-17)31-15-21(28)23-19-11-7-9-16-8-5-6-10-18(16)19/h5-14H,3-4,15H2,1-2H3,(H,23,28). The van der Waals surface area contributed by atoms with Gasteiger partial charge >= 0.3 is 0 Å². The van der Waals surface area contributed by atoms with E-state index in [4.69, 9.17) is 0 Å². The van der Waals surface area contributed by atoms with E-state index in [1.807, 2.05) is 42.5 Å². The number of rotatable bonds is 8. The Balaban J connectivity index is 1.52. The minimum atomic E-state index is -3.61. The van der Waals surface area contributed by atoms with Crippen LogP contribution < -0.4 is 5.32 Å². The zero-order chi connectivity index (χ0) is 22.7. The van der Waals surface area contributed by atoms with Gasteiger partial charge in [-0.25, -0.2) is 8.42 Å². The van der Waals surface area contributed by atoms with Crippen LogP contribution in [0.15, 0.2) is 70.8 Å². The van der Waals surface area contributed by atoms with Crippen LogP contribution in [0.2, 0.25) is 0 Å². The summed E-state index contributed by atoms with van der Waals surface area (Å²) in [6.07, 6.45) is 1.51. The van der Waals surface area contributed by atoms with Gasteiger partial charge in [-0.3, -0.25) is 9.20 Å². The fraction of sp³-hybridized carbons (Fsp3) is 0.227. The van der Waals surface area contributed by atoms with E-state index < -0.39 is 10.0 Å². The summed E-state index contributed by atoms with van der Waals surface area (Å²) in [5, 5.41) is 13.6. The van der Waals surface area contributed by atoms with Crippen LogP contribution in [0.1, 0.15) is 13.8 Å². The molecule has 0 aliphatic carbocycles. The molecule has 0 fully saturated rings. The normalized spacial score (nSPS) is 12.0. The monoisotopic (exact) mass is 469 g/mol. The van der Waals surface area contributed by atoms with Crippen molar-refractivity contribution >= 4 is 49.8 Å².